The summed E-state index contributed by atoms with van der Waals surface area (Å²) < 4.78 is 29.8. The summed E-state index contributed by atoms with van der Waals surface area (Å²) in [5.41, 5.74) is 1.69. The molecule has 0 radical (unpaired) electrons. The summed E-state index contributed by atoms with van der Waals surface area (Å²) in [4.78, 5) is 23.9. The van der Waals surface area contributed by atoms with Crippen LogP contribution in [-0.2, 0) is 26.0 Å². The molecule has 1 aliphatic heterocycles. The standard InChI is InChI=1S/C17H22N2O5S/c1-11(12-3-4-12)18-16(20)10-24-17(21)14-5-6-15-13(9-14)7-8-19(15)25(2,22)23/h5-6,9,11-12H,3-4,7-8,10H2,1-2H3,(H,18,20)/t11-/m1/s1. The highest BCUT2D eigenvalue weighted by molar-refractivity contribution is 7.92. The molecule has 1 N–H and O–H groups in total. The summed E-state index contributed by atoms with van der Waals surface area (Å²) >= 11 is 0. The van der Waals surface area contributed by atoms with E-state index in [0.717, 1.165) is 24.7 Å². The van der Waals surface area contributed by atoms with E-state index in [2.05, 4.69) is 5.32 Å². The molecule has 8 heteroatoms. The topological polar surface area (TPSA) is 92.8 Å². The lowest BCUT2D eigenvalue weighted by atomic mass is 10.1. The van der Waals surface area contributed by atoms with Crippen molar-refractivity contribution >= 4 is 27.6 Å². The Morgan fingerprint density at radius 3 is 2.72 bits per heavy atom. The van der Waals surface area contributed by atoms with Gasteiger partial charge in [0.25, 0.3) is 5.91 Å². The number of ether oxygens (including phenoxy) is 1. The van der Waals surface area contributed by atoms with Crippen molar-refractivity contribution in [2.45, 2.75) is 32.2 Å². The Bertz CT molecular complexity index is 801. The van der Waals surface area contributed by atoms with Crippen LogP contribution in [0.4, 0.5) is 5.69 Å². The van der Waals surface area contributed by atoms with Gasteiger partial charge >= 0.3 is 5.97 Å². The van der Waals surface area contributed by atoms with E-state index < -0.39 is 16.0 Å². The molecule has 25 heavy (non-hydrogen) atoms. The summed E-state index contributed by atoms with van der Waals surface area (Å²) in [5, 5.41) is 2.82. The number of nitrogens with zero attached hydrogens (tertiary/aromatic N) is 1. The number of carbonyl (C=O) groups is 2. The van der Waals surface area contributed by atoms with E-state index in [9.17, 15) is 18.0 Å². The van der Waals surface area contributed by atoms with Crippen molar-refractivity contribution in [1.82, 2.24) is 5.32 Å². The molecule has 1 aromatic rings. The van der Waals surface area contributed by atoms with Gasteiger partial charge in [0.15, 0.2) is 6.61 Å². The Kier molecular flexibility index (Phi) is 4.73. The molecule has 0 unspecified atom stereocenters. The zero-order valence-corrected chi connectivity index (χ0v) is 15.1. The molecule has 1 heterocycles. The van der Waals surface area contributed by atoms with Crippen LogP contribution in [0.15, 0.2) is 18.2 Å². The van der Waals surface area contributed by atoms with Gasteiger partial charge in [0.05, 0.1) is 17.5 Å². The highest BCUT2D eigenvalue weighted by Gasteiger charge is 2.29. The predicted molar refractivity (Wildman–Crippen MR) is 92.9 cm³/mol. The zero-order chi connectivity index (χ0) is 18.2. The van der Waals surface area contributed by atoms with Crippen LogP contribution in [0, 0.1) is 5.92 Å². The van der Waals surface area contributed by atoms with E-state index in [1.54, 1.807) is 12.1 Å². The fourth-order valence-electron chi connectivity index (χ4n) is 3.07. The molecule has 0 saturated heterocycles. The lowest BCUT2D eigenvalue weighted by molar-refractivity contribution is -0.124. The average molecular weight is 366 g/mol. The maximum atomic E-state index is 12.1. The third kappa shape index (κ3) is 4.12. The molecule has 1 amide bonds. The summed E-state index contributed by atoms with van der Waals surface area (Å²) in [6.45, 7) is 2.00. The Morgan fingerprint density at radius 2 is 2.08 bits per heavy atom. The Balaban J connectivity index is 1.59. The molecule has 1 aliphatic carbocycles. The average Bonchev–Trinajstić information content (AvgIpc) is 3.30. The van der Waals surface area contributed by atoms with Gasteiger partial charge in [-0.15, -0.1) is 0 Å². The highest BCUT2D eigenvalue weighted by atomic mass is 32.2. The lowest BCUT2D eigenvalue weighted by Crippen LogP contribution is -2.37. The van der Waals surface area contributed by atoms with E-state index in [4.69, 9.17) is 4.74 Å². The van der Waals surface area contributed by atoms with Gasteiger partial charge < -0.3 is 10.1 Å². The fourth-order valence-corrected chi connectivity index (χ4v) is 4.03. The fraction of sp³-hybridized carbons (Fsp3) is 0.529. The molecule has 1 fully saturated rings. The van der Waals surface area contributed by atoms with Crippen LogP contribution in [0.2, 0.25) is 0 Å². The number of anilines is 1. The minimum atomic E-state index is -3.32. The molecule has 1 aromatic carbocycles. The normalized spacial score (nSPS) is 17.8. The van der Waals surface area contributed by atoms with Crippen molar-refractivity contribution in [3.05, 3.63) is 29.3 Å². The van der Waals surface area contributed by atoms with Crippen molar-refractivity contribution in [1.29, 1.82) is 0 Å². The maximum Gasteiger partial charge on any atom is 0.338 e. The second-order valence-corrected chi connectivity index (χ2v) is 8.61. The first kappa shape index (κ1) is 17.7. The van der Waals surface area contributed by atoms with Crippen LogP contribution in [0.1, 0.15) is 35.7 Å². The van der Waals surface area contributed by atoms with Gasteiger partial charge in [0.1, 0.15) is 0 Å². The van der Waals surface area contributed by atoms with Crippen molar-refractivity contribution in [2.24, 2.45) is 5.92 Å². The molecule has 136 valence electrons. The Hall–Kier alpha value is -2.09. The van der Waals surface area contributed by atoms with Gasteiger partial charge in [0, 0.05) is 12.6 Å². The van der Waals surface area contributed by atoms with Crippen molar-refractivity contribution in [2.75, 3.05) is 23.7 Å². The number of carbonyl (C=O) groups excluding carboxylic acids is 2. The molecule has 1 saturated carbocycles. The van der Waals surface area contributed by atoms with Crippen LogP contribution >= 0.6 is 0 Å². The summed E-state index contributed by atoms with van der Waals surface area (Å²) in [5.74, 6) is -0.360. The number of sulfonamides is 1. The summed E-state index contributed by atoms with van der Waals surface area (Å²) in [6, 6.07) is 4.87. The van der Waals surface area contributed by atoms with E-state index in [-0.39, 0.29) is 18.6 Å². The largest absolute Gasteiger partial charge is 0.452 e. The Labute approximate surface area is 147 Å². The van der Waals surface area contributed by atoms with E-state index in [0.29, 0.717) is 30.1 Å². The van der Waals surface area contributed by atoms with Gasteiger partial charge in [-0.05, 0) is 55.9 Å². The number of amides is 1. The summed E-state index contributed by atoms with van der Waals surface area (Å²) in [6.07, 6.45) is 3.95. The van der Waals surface area contributed by atoms with Gasteiger partial charge in [-0.2, -0.15) is 0 Å². The minimum Gasteiger partial charge on any atom is -0.452 e. The quantitative estimate of drug-likeness (QED) is 0.761. The number of rotatable bonds is 6. The molecule has 2 aliphatic rings. The first-order valence-corrected chi connectivity index (χ1v) is 10.2. The first-order chi connectivity index (χ1) is 11.8. The number of hydrogen-bond donors (Lipinski definition) is 1. The third-order valence-corrected chi connectivity index (χ3v) is 5.80. The molecule has 7 nitrogen and oxygen atoms in total. The third-order valence-electron chi connectivity index (χ3n) is 4.62. The van der Waals surface area contributed by atoms with E-state index in [1.807, 2.05) is 6.92 Å². The second kappa shape index (κ2) is 6.67. The molecular weight excluding hydrogens is 344 g/mol. The van der Waals surface area contributed by atoms with Crippen LogP contribution in [0.3, 0.4) is 0 Å². The molecular formula is C17H22N2O5S. The molecule has 1 atom stereocenters. The monoisotopic (exact) mass is 366 g/mol. The second-order valence-electron chi connectivity index (χ2n) is 6.70. The molecule has 0 aromatic heterocycles. The first-order valence-electron chi connectivity index (χ1n) is 8.33. The maximum absolute atomic E-state index is 12.1. The SMILES string of the molecule is C[C@@H](NC(=O)COC(=O)c1ccc2c(c1)CCN2S(C)(=O)=O)C1CC1. The van der Waals surface area contributed by atoms with E-state index >= 15 is 0 Å². The van der Waals surface area contributed by atoms with Crippen LogP contribution in [0.25, 0.3) is 0 Å². The molecule has 3 rings (SSSR count). The zero-order valence-electron chi connectivity index (χ0n) is 14.3. The number of hydrogen-bond acceptors (Lipinski definition) is 5. The number of nitrogens with one attached hydrogen (secondary N) is 1. The van der Waals surface area contributed by atoms with Crippen molar-refractivity contribution < 1.29 is 22.7 Å². The van der Waals surface area contributed by atoms with Gasteiger partial charge in [-0.25, -0.2) is 13.2 Å². The smallest absolute Gasteiger partial charge is 0.338 e. The van der Waals surface area contributed by atoms with E-state index in [1.165, 1.54) is 10.4 Å². The van der Waals surface area contributed by atoms with Crippen molar-refractivity contribution in [3.8, 4) is 0 Å². The van der Waals surface area contributed by atoms with Gasteiger partial charge in [-0.1, -0.05) is 0 Å². The van der Waals surface area contributed by atoms with Crippen LogP contribution < -0.4 is 9.62 Å². The molecule has 0 spiro atoms. The lowest BCUT2D eigenvalue weighted by Gasteiger charge is -2.16. The number of esters is 1. The predicted octanol–water partition coefficient (Wildman–Crippen LogP) is 1.08. The van der Waals surface area contributed by atoms with Gasteiger partial charge in [-0.3, -0.25) is 9.10 Å². The van der Waals surface area contributed by atoms with Crippen LogP contribution in [0.5, 0.6) is 0 Å². The highest BCUT2D eigenvalue weighted by Crippen LogP contribution is 2.32. The minimum absolute atomic E-state index is 0.105. The van der Waals surface area contributed by atoms with Crippen molar-refractivity contribution in [3.63, 3.8) is 0 Å². The Morgan fingerprint density at radius 1 is 1.36 bits per heavy atom. The number of benzene rings is 1. The summed E-state index contributed by atoms with van der Waals surface area (Å²) in [7, 11) is -3.32. The molecule has 0 bridgehead atoms. The van der Waals surface area contributed by atoms with Crippen LogP contribution in [-0.4, -0.2) is 45.7 Å². The number of fused-ring (bicyclic) bond motifs is 1. The van der Waals surface area contributed by atoms with Gasteiger partial charge in [0.2, 0.25) is 10.0 Å².